The molecule has 0 unspecified atom stereocenters. The molecule has 0 amide bonds. The lowest BCUT2D eigenvalue weighted by atomic mass is 9.43. The number of rotatable bonds is 7. The fourth-order valence-electron chi connectivity index (χ4n) is 13.8. The molecule has 0 radical (unpaired) electrons. The van der Waals surface area contributed by atoms with Crippen LogP contribution in [0.1, 0.15) is 43.2 Å². The number of hydrogen-bond acceptors (Lipinski definition) is 1. The van der Waals surface area contributed by atoms with Gasteiger partial charge in [0.05, 0.1) is 11.0 Å². The van der Waals surface area contributed by atoms with Gasteiger partial charge in [-0.05, 0) is 184 Å². The van der Waals surface area contributed by atoms with Crippen molar-refractivity contribution >= 4 is 38.9 Å². The Morgan fingerprint density at radius 3 is 1.42 bits per heavy atom. The standard InChI is InChI=1S/C64H50N2/c1-4-12-44(13-5-1)46-20-26-53(27-21-46)65(54-28-22-47(23-29-54)45-14-6-2-7-15-45)55-30-33-63-59(41-55)58-40-49(25-32-62(58)66(63)52-16-8-3-9-17-52)48-24-31-61-57(39-48)56-18-10-11-19-60(56)64(61)50-35-42-34-43(37-50)38-51(64)36-42/h1-33,39-43,50-51H,34-38H2. The van der Waals surface area contributed by atoms with Gasteiger partial charge in [0.25, 0.3) is 0 Å². The molecule has 1 aromatic heterocycles. The number of fused-ring (bicyclic) bond motifs is 6. The summed E-state index contributed by atoms with van der Waals surface area (Å²) in [4.78, 5) is 2.41. The Balaban J connectivity index is 0.925. The summed E-state index contributed by atoms with van der Waals surface area (Å²) in [6.07, 6.45) is 7.09. The summed E-state index contributed by atoms with van der Waals surface area (Å²) >= 11 is 0. The van der Waals surface area contributed by atoms with Gasteiger partial charge in [0.15, 0.2) is 0 Å². The maximum absolute atomic E-state index is 2.56. The molecule has 2 nitrogen and oxygen atoms in total. The van der Waals surface area contributed by atoms with Crippen LogP contribution in [0.3, 0.4) is 0 Å². The van der Waals surface area contributed by atoms with Gasteiger partial charge in [0.2, 0.25) is 0 Å². The van der Waals surface area contributed by atoms with E-state index in [1.807, 2.05) is 0 Å². The van der Waals surface area contributed by atoms with Crippen LogP contribution in [0.5, 0.6) is 0 Å². The molecule has 2 heteroatoms. The largest absolute Gasteiger partial charge is 0.310 e. The van der Waals surface area contributed by atoms with Crippen molar-refractivity contribution in [3.63, 3.8) is 0 Å². The molecule has 1 heterocycles. The molecule has 5 aliphatic carbocycles. The third-order valence-corrected chi connectivity index (χ3v) is 16.4. The minimum atomic E-state index is 0.178. The molecule has 1 spiro atoms. The average molecular weight is 847 g/mol. The summed E-state index contributed by atoms with van der Waals surface area (Å²) in [5.41, 5.74) is 20.7. The fourth-order valence-corrected chi connectivity index (χ4v) is 13.8. The maximum atomic E-state index is 2.56. The van der Waals surface area contributed by atoms with E-state index in [1.54, 1.807) is 11.1 Å². The first kappa shape index (κ1) is 37.9. The van der Waals surface area contributed by atoms with Gasteiger partial charge in [-0.15, -0.1) is 0 Å². The minimum Gasteiger partial charge on any atom is -0.310 e. The highest BCUT2D eigenvalue weighted by Crippen LogP contribution is 2.69. The first-order chi connectivity index (χ1) is 32.7. The molecule has 5 aliphatic rings. The van der Waals surface area contributed by atoms with E-state index in [4.69, 9.17) is 0 Å². The van der Waals surface area contributed by atoms with Gasteiger partial charge in [0.1, 0.15) is 0 Å². The maximum Gasteiger partial charge on any atom is 0.0542 e. The van der Waals surface area contributed by atoms with E-state index < -0.39 is 0 Å². The van der Waals surface area contributed by atoms with Gasteiger partial charge in [-0.2, -0.15) is 0 Å². The molecule has 4 saturated carbocycles. The van der Waals surface area contributed by atoms with E-state index in [2.05, 4.69) is 228 Å². The van der Waals surface area contributed by atoms with Crippen molar-refractivity contribution in [2.45, 2.75) is 37.5 Å². The van der Waals surface area contributed by atoms with Gasteiger partial charge < -0.3 is 9.47 Å². The minimum absolute atomic E-state index is 0.178. The van der Waals surface area contributed by atoms with Gasteiger partial charge in [-0.3, -0.25) is 0 Å². The van der Waals surface area contributed by atoms with Crippen LogP contribution >= 0.6 is 0 Å². The number of para-hydroxylation sites is 1. The summed E-state index contributed by atoms with van der Waals surface area (Å²) in [6.45, 7) is 0. The van der Waals surface area contributed by atoms with Crippen molar-refractivity contribution in [3.8, 4) is 50.2 Å². The molecule has 0 saturated heterocycles. The monoisotopic (exact) mass is 846 g/mol. The van der Waals surface area contributed by atoms with Crippen molar-refractivity contribution < 1.29 is 0 Å². The Morgan fingerprint density at radius 2 is 0.803 bits per heavy atom. The first-order valence-corrected chi connectivity index (χ1v) is 24.2. The molecule has 0 atom stereocenters. The molecule has 9 aromatic carbocycles. The van der Waals surface area contributed by atoms with Gasteiger partial charge in [-0.25, -0.2) is 0 Å². The van der Waals surface area contributed by atoms with E-state index in [-0.39, 0.29) is 5.41 Å². The lowest BCUT2D eigenvalue weighted by molar-refractivity contribution is -0.0399. The highest BCUT2D eigenvalue weighted by molar-refractivity contribution is 6.12. The Labute approximate surface area is 387 Å². The van der Waals surface area contributed by atoms with Crippen LogP contribution in [0, 0.1) is 23.7 Å². The molecule has 10 aromatic rings. The Hall–Kier alpha value is -7.42. The third kappa shape index (κ3) is 5.73. The van der Waals surface area contributed by atoms with Gasteiger partial charge >= 0.3 is 0 Å². The van der Waals surface area contributed by atoms with E-state index in [1.165, 1.54) is 98.4 Å². The van der Waals surface area contributed by atoms with Crippen molar-refractivity contribution in [1.29, 1.82) is 0 Å². The first-order valence-electron chi connectivity index (χ1n) is 24.2. The van der Waals surface area contributed by atoms with Crippen LogP contribution in [0.4, 0.5) is 17.1 Å². The highest BCUT2D eigenvalue weighted by Gasteiger charge is 2.61. The number of aromatic nitrogens is 1. The second kappa shape index (κ2) is 14.8. The predicted molar refractivity (Wildman–Crippen MR) is 275 cm³/mol. The quantitative estimate of drug-likeness (QED) is 0.155. The zero-order valence-corrected chi connectivity index (χ0v) is 37.0. The van der Waals surface area contributed by atoms with E-state index in [0.717, 1.165) is 46.4 Å². The molecule has 0 aliphatic heterocycles. The van der Waals surface area contributed by atoms with E-state index in [9.17, 15) is 0 Å². The van der Waals surface area contributed by atoms with E-state index >= 15 is 0 Å². The van der Waals surface area contributed by atoms with E-state index in [0.29, 0.717) is 0 Å². The van der Waals surface area contributed by atoms with Crippen LogP contribution in [-0.4, -0.2) is 4.57 Å². The predicted octanol–water partition coefficient (Wildman–Crippen LogP) is 17.0. The summed E-state index contributed by atoms with van der Waals surface area (Å²) in [6, 6.07) is 81.6. The Morgan fingerprint density at radius 1 is 0.348 bits per heavy atom. The van der Waals surface area contributed by atoms with Crippen molar-refractivity contribution in [3.05, 3.63) is 230 Å². The van der Waals surface area contributed by atoms with Crippen molar-refractivity contribution in [2.24, 2.45) is 23.7 Å². The number of anilines is 3. The number of hydrogen-bond donors (Lipinski definition) is 0. The fraction of sp³-hybridized carbons (Fsp3) is 0.156. The summed E-state index contributed by atoms with van der Waals surface area (Å²) < 4.78 is 2.45. The summed E-state index contributed by atoms with van der Waals surface area (Å²) in [7, 11) is 0. The zero-order valence-electron chi connectivity index (χ0n) is 37.0. The van der Waals surface area contributed by atoms with Crippen LogP contribution in [0.25, 0.3) is 72.0 Å². The second-order valence-electron chi connectivity index (χ2n) is 19.7. The normalized spacial score (nSPS) is 21.1. The van der Waals surface area contributed by atoms with Gasteiger partial charge in [-0.1, -0.05) is 146 Å². The van der Waals surface area contributed by atoms with Crippen LogP contribution in [-0.2, 0) is 5.41 Å². The molecule has 15 rings (SSSR count). The molecule has 4 bridgehead atoms. The van der Waals surface area contributed by atoms with Crippen LogP contribution < -0.4 is 4.90 Å². The van der Waals surface area contributed by atoms with Gasteiger partial charge in [0, 0.05) is 38.9 Å². The lowest BCUT2D eigenvalue weighted by Crippen LogP contribution is -2.55. The molecule has 316 valence electrons. The molecule has 66 heavy (non-hydrogen) atoms. The molecule has 4 fully saturated rings. The lowest BCUT2D eigenvalue weighted by Gasteiger charge is -2.61. The smallest absolute Gasteiger partial charge is 0.0542 e. The molecule has 0 N–H and O–H groups in total. The molecular formula is C64H50N2. The SMILES string of the molecule is c1ccc(-c2ccc(N(c3ccc(-c4ccccc4)cc3)c3ccc4c(c3)c3cc(-c5ccc6c(c5)-c5ccccc5C65C6CC7CC(C6)CC5C7)ccc3n4-c3ccccc3)cc2)cc1. The number of nitrogens with zero attached hydrogens (tertiary/aromatic N) is 2. The summed E-state index contributed by atoms with van der Waals surface area (Å²) in [5, 5.41) is 2.49. The number of benzene rings is 9. The third-order valence-electron chi connectivity index (χ3n) is 16.4. The topological polar surface area (TPSA) is 8.17 Å². The second-order valence-corrected chi connectivity index (χ2v) is 19.7. The molecular weight excluding hydrogens is 797 g/mol. The summed E-state index contributed by atoms with van der Waals surface area (Å²) in [5.74, 6) is 3.40. The van der Waals surface area contributed by atoms with Crippen molar-refractivity contribution in [1.82, 2.24) is 4.57 Å². The Bertz CT molecular complexity index is 3340. The van der Waals surface area contributed by atoms with Crippen LogP contribution in [0.15, 0.2) is 218 Å². The zero-order chi connectivity index (χ0) is 43.3. The van der Waals surface area contributed by atoms with Crippen LogP contribution in [0.2, 0.25) is 0 Å². The van der Waals surface area contributed by atoms with Crippen molar-refractivity contribution in [2.75, 3.05) is 4.90 Å². The highest BCUT2D eigenvalue weighted by atomic mass is 15.1. The Kier molecular flexibility index (Phi) is 8.50. The average Bonchev–Trinajstić information content (AvgIpc) is 3.86.